The number of rotatable bonds is 3. The van der Waals surface area contributed by atoms with Crippen molar-refractivity contribution in [3.05, 3.63) is 36.5 Å². The number of esters is 2. The largest absolute Gasteiger partial charge is 0.481 e. The lowest BCUT2D eigenvalue weighted by molar-refractivity contribution is -0.146. The van der Waals surface area contributed by atoms with E-state index in [1.807, 2.05) is 24.3 Å². The molecule has 3 aliphatic carbocycles. The molecule has 0 fully saturated rings. The molecule has 3 aliphatic rings. The number of methoxy groups -OCH3 is 2. The molecular weight excluding hydrogens is 372 g/mol. The molecule has 0 spiro atoms. The fourth-order valence-electron chi connectivity index (χ4n) is 3.37. The third-order valence-corrected chi connectivity index (χ3v) is 5.23. The average molecular weight is 407 g/mol. The van der Waals surface area contributed by atoms with E-state index >= 15 is 0 Å². The highest BCUT2D eigenvalue weighted by atomic mass is 16.5. The quantitative estimate of drug-likeness (QED) is 0.550. The van der Waals surface area contributed by atoms with Crippen molar-refractivity contribution in [2.24, 2.45) is 17.8 Å². The van der Waals surface area contributed by atoms with Crippen molar-refractivity contribution in [3.63, 3.8) is 0 Å². The van der Waals surface area contributed by atoms with Crippen LogP contribution in [0.5, 0.6) is 0 Å². The predicted molar refractivity (Wildman–Crippen MR) is 111 cm³/mol. The highest BCUT2D eigenvalue weighted by molar-refractivity contribution is 5.73. The molecule has 0 amide bonds. The van der Waals surface area contributed by atoms with Crippen molar-refractivity contribution >= 4 is 17.9 Å². The normalized spacial score (nSPS) is 24.8. The lowest BCUT2D eigenvalue weighted by atomic mass is 9.95. The molecule has 0 radical (unpaired) electrons. The summed E-state index contributed by atoms with van der Waals surface area (Å²) < 4.78 is 9.23. The Hall–Kier alpha value is -2.37. The lowest BCUT2D eigenvalue weighted by Gasteiger charge is -2.13. The summed E-state index contributed by atoms with van der Waals surface area (Å²) in [5.41, 5.74) is 0. The van der Waals surface area contributed by atoms with E-state index < -0.39 is 5.97 Å². The zero-order chi connectivity index (χ0) is 21.5. The van der Waals surface area contributed by atoms with Crippen LogP contribution in [-0.4, -0.2) is 37.2 Å². The number of ether oxygens (including phenoxy) is 2. The van der Waals surface area contributed by atoms with Crippen molar-refractivity contribution in [3.8, 4) is 0 Å². The third kappa shape index (κ3) is 10.1. The lowest BCUT2D eigenvalue weighted by Crippen LogP contribution is -2.16. The first-order valence-corrected chi connectivity index (χ1v) is 10.3. The van der Waals surface area contributed by atoms with Crippen LogP contribution in [0.2, 0.25) is 0 Å². The van der Waals surface area contributed by atoms with Gasteiger partial charge in [-0.3, -0.25) is 14.4 Å². The Kier molecular flexibility index (Phi) is 12.4. The number of aliphatic carboxylic acids is 1. The van der Waals surface area contributed by atoms with Crippen LogP contribution < -0.4 is 0 Å². The Labute approximate surface area is 173 Å². The molecule has 0 aromatic carbocycles. The summed E-state index contributed by atoms with van der Waals surface area (Å²) in [6, 6.07) is 0. The van der Waals surface area contributed by atoms with Gasteiger partial charge in [-0.2, -0.15) is 0 Å². The van der Waals surface area contributed by atoms with Gasteiger partial charge < -0.3 is 14.6 Å². The molecule has 0 saturated carbocycles. The molecule has 0 heterocycles. The van der Waals surface area contributed by atoms with E-state index in [1.165, 1.54) is 14.2 Å². The van der Waals surface area contributed by atoms with Crippen LogP contribution in [0.1, 0.15) is 57.8 Å². The Balaban J connectivity index is 0.000000218. The van der Waals surface area contributed by atoms with Gasteiger partial charge >= 0.3 is 17.9 Å². The molecule has 0 aromatic heterocycles. The minimum atomic E-state index is -0.653. The van der Waals surface area contributed by atoms with Crippen molar-refractivity contribution in [2.45, 2.75) is 57.8 Å². The predicted octanol–water partition coefficient (Wildman–Crippen LogP) is 4.46. The highest BCUT2D eigenvalue weighted by Gasteiger charge is 2.19. The number of hydrogen-bond donors (Lipinski definition) is 1. The molecule has 0 saturated heterocycles. The maximum absolute atomic E-state index is 10.9. The van der Waals surface area contributed by atoms with Gasteiger partial charge in [-0.1, -0.05) is 36.5 Å². The minimum absolute atomic E-state index is 0.0654. The van der Waals surface area contributed by atoms with Crippen LogP contribution >= 0.6 is 0 Å². The molecular formula is C23H34O6. The summed E-state index contributed by atoms with van der Waals surface area (Å²) >= 11 is 0. The van der Waals surface area contributed by atoms with Gasteiger partial charge in [0.15, 0.2) is 0 Å². The third-order valence-electron chi connectivity index (χ3n) is 5.23. The fraction of sp³-hybridized carbons (Fsp3) is 0.609. The van der Waals surface area contributed by atoms with E-state index in [2.05, 4.69) is 21.6 Å². The van der Waals surface area contributed by atoms with Gasteiger partial charge in [0.25, 0.3) is 0 Å². The number of carbonyl (C=O) groups is 3. The van der Waals surface area contributed by atoms with E-state index in [0.29, 0.717) is 0 Å². The van der Waals surface area contributed by atoms with Crippen molar-refractivity contribution in [1.82, 2.24) is 0 Å². The standard InChI is InChI=1S/2C8H12O2.C7H10O2/c2*1-10-8(9)7-5-3-2-4-6-7;8-7(9)6-4-2-1-3-5-6/h2*2-3,7H,4-6H2,1H3;1-2,6H,3-5H2,(H,8,9). The van der Waals surface area contributed by atoms with E-state index in [1.54, 1.807) is 0 Å². The summed E-state index contributed by atoms with van der Waals surface area (Å²) in [5, 5.41) is 8.50. The molecule has 6 heteroatoms. The maximum Gasteiger partial charge on any atom is 0.308 e. The van der Waals surface area contributed by atoms with E-state index in [-0.39, 0.29) is 29.7 Å². The number of carboxylic acid groups (broad SMARTS) is 1. The van der Waals surface area contributed by atoms with Crippen LogP contribution in [0.3, 0.4) is 0 Å². The van der Waals surface area contributed by atoms with Crippen molar-refractivity contribution in [2.75, 3.05) is 14.2 Å². The molecule has 29 heavy (non-hydrogen) atoms. The second-order valence-corrected chi connectivity index (χ2v) is 7.33. The highest BCUT2D eigenvalue weighted by Crippen LogP contribution is 2.19. The van der Waals surface area contributed by atoms with Crippen LogP contribution in [-0.2, 0) is 23.9 Å². The molecule has 6 nitrogen and oxygen atoms in total. The summed E-state index contributed by atoms with van der Waals surface area (Å²) in [5.74, 6) is -0.659. The first-order valence-electron chi connectivity index (χ1n) is 10.3. The molecule has 0 aliphatic heterocycles. The SMILES string of the molecule is COC(=O)C1CC=CCC1.COC(=O)C1CC=CCC1.O=C(O)C1CC=CCC1. The van der Waals surface area contributed by atoms with Gasteiger partial charge in [-0.15, -0.1) is 0 Å². The topological polar surface area (TPSA) is 89.9 Å². The number of hydrogen-bond acceptors (Lipinski definition) is 5. The molecule has 0 bridgehead atoms. The molecule has 0 aromatic rings. The average Bonchev–Trinajstić information content (AvgIpc) is 2.80. The smallest absolute Gasteiger partial charge is 0.308 e. The number of carbonyl (C=O) groups excluding carboxylic acids is 2. The van der Waals surface area contributed by atoms with Gasteiger partial charge in [-0.25, -0.2) is 0 Å². The van der Waals surface area contributed by atoms with Crippen LogP contribution in [0.25, 0.3) is 0 Å². The minimum Gasteiger partial charge on any atom is -0.481 e. The summed E-state index contributed by atoms with van der Waals surface area (Å²) in [6.45, 7) is 0. The van der Waals surface area contributed by atoms with Crippen LogP contribution in [0.4, 0.5) is 0 Å². The zero-order valence-electron chi connectivity index (χ0n) is 17.5. The van der Waals surface area contributed by atoms with Crippen LogP contribution in [0.15, 0.2) is 36.5 Å². The molecule has 3 atom stereocenters. The van der Waals surface area contributed by atoms with E-state index in [4.69, 9.17) is 5.11 Å². The Bertz CT molecular complexity index is 568. The van der Waals surface area contributed by atoms with Gasteiger partial charge in [0, 0.05) is 0 Å². The number of carboxylic acids is 1. The summed E-state index contributed by atoms with van der Waals surface area (Å²) in [4.78, 5) is 32.1. The molecule has 3 rings (SSSR count). The van der Waals surface area contributed by atoms with Crippen molar-refractivity contribution < 1.29 is 29.0 Å². The first kappa shape index (κ1) is 24.7. The summed E-state index contributed by atoms with van der Waals surface area (Å²) in [7, 11) is 2.89. The second kappa shape index (κ2) is 14.6. The maximum atomic E-state index is 10.9. The number of allylic oxidation sites excluding steroid dienone is 6. The monoisotopic (exact) mass is 406 g/mol. The van der Waals surface area contributed by atoms with Gasteiger partial charge in [0.05, 0.1) is 32.0 Å². The zero-order valence-corrected chi connectivity index (χ0v) is 17.5. The van der Waals surface area contributed by atoms with Gasteiger partial charge in [0.1, 0.15) is 0 Å². The fourth-order valence-corrected chi connectivity index (χ4v) is 3.37. The Morgan fingerprint density at radius 2 is 1.00 bits per heavy atom. The van der Waals surface area contributed by atoms with Gasteiger partial charge in [-0.05, 0) is 57.8 Å². The first-order chi connectivity index (χ1) is 14.0. The Morgan fingerprint density at radius 1 is 0.655 bits per heavy atom. The molecule has 162 valence electrons. The second-order valence-electron chi connectivity index (χ2n) is 7.33. The van der Waals surface area contributed by atoms with E-state index in [9.17, 15) is 14.4 Å². The molecule has 1 N–H and O–H groups in total. The summed E-state index contributed by atoms with van der Waals surface area (Å²) in [6.07, 6.45) is 20.4. The Morgan fingerprint density at radius 3 is 1.21 bits per heavy atom. The van der Waals surface area contributed by atoms with E-state index in [0.717, 1.165) is 57.8 Å². The van der Waals surface area contributed by atoms with Crippen molar-refractivity contribution in [1.29, 1.82) is 0 Å². The van der Waals surface area contributed by atoms with Gasteiger partial charge in [0.2, 0.25) is 0 Å². The van der Waals surface area contributed by atoms with Crippen LogP contribution in [0, 0.1) is 17.8 Å². The molecule has 3 unspecified atom stereocenters.